The smallest absolute Gasteiger partial charge is 1.00 e. The SMILES string of the molecule is CCC1=C(C)[CH]([Zr+2][Si](C)C)c2cccc(-c3cc(C(C)(C)C)cc(C(C)(C)C)c3)c21.[Cl-].[Cl-]. The van der Waals surface area contributed by atoms with E-state index in [9.17, 15) is 0 Å². The van der Waals surface area contributed by atoms with Crippen molar-refractivity contribution in [3.63, 3.8) is 0 Å². The minimum absolute atomic E-state index is 0. The third-order valence-electron chi connectivity index (χ3n) is 6.38. The van der Waals surface area contributed by atoms with Gasteiger partial charge in [0.2, 0.25) is 0 Å². The molecule has 0 N–H and O–H groups in total. The molecule has 3 rings (SSSR count). The molecule has 1 aliphatic rings. The Morgan fingerprint density at radius 1 is 0.875 bits per heavy atom. The van der Waals surface area contributed by atoms with Crippen molar-refractivity contribution in [1.82, 2.24) is 0 Å². The van der Waals surface area contributed by atoms with E-state index in [1.54, 1.807) is 22.3 Å². The number of allylic oxidation sites excluding steroid dienone is 2. The average molecular weight is 566 g/mol. The van der Waals surface area contributed by atoms with Crippen LogP contribution in [0, 0.1) is 0 Å². The molecule has 0 saturated heterocycles. The summed E-state index contributed by atoms with van der Waals surface area (Å²) in [6, 6.07) is 14.5. The molecule has 1 atom stereocenters. The third kappa shape index (κ3) is 6.10. The maximum Gasteiger partial charge on any atom is -1.00 e. The molecule has 0 bridgehead atoms. The van der Waals surface area contributed by atoms with E-state index in [1.807, 2.05) is 0 Å². The standard InChI is InChI=1S/C26H33.C2H6Si.2ClH.Zr/c1-9-22-17(2)13-18-11-10-12-23(24(18)22)19-14-20(25(3,4)5)16-21(15-19)26(6,7)8;1-3-2;;;/h10-16H,9H2,1-8H3;1-2H3;2*1H;/q;;;;+2/p-2. The third-order valence-corrected chi connectivity index (χ3v) is 15.5. The number of benzene rings is 2. The molecule has 2 aromatic rings. The molecule has 0 aliphatic heterocycles. The van der Waals surface area contributed by atoms with Crippen molar-refractivity contribution in [1.29, 1.82) is 0 Å². The van der Waals surface area contributed by atoms with Crippen molar-refractivity contribution in [2.75, 3.05) is 0 Å². The van der Waals surface area contributed by atoms with Gasteiger partial charge >= 0.3 is 199 Å². The van der Waals surface area contributed by atoms with Gasteiger partial charge in [-0.05, 0) is 0 Å². The molecule has 4 heteroatoms. The molecule has 0 saturated carbocycles. The Hall–Kier alpha value is -0.140. The fraction of sp³-hybridized carbons (Fsp3) is 0.500. The monoisotopic (exact) mass is 563 g/mol. The minimum atomic E-state index is -0.406. The van der Waals surface area contributed by atoms with E-state index in [4.69, 9.17) is 0 Å². The Morgan fingerprint density at radius 2 is 1.41 bits per heavy atom. The van der Waals surface area contributed by atoms with Crippen LogP contribution in [-0.2, 0) is 33.2 Å². The van der Waals surface area contributed by atoms with Gasteiger partial charge < -0.3 is 24.8 Å². The van der Waals surface area contributed by atoms with Gasteiger partial charge in [0.15, 0.2) is 0 Å². The molecule has 0 nitrogen and oxygen atoms in total. The van der Waals surface area contributed by atoms with E-state index < -0.39 is 22.4 Å². The van der Waals surface area contributed by atoms with Crippen molar-refractivity contribution < 1.29 is 47.2 Å². The van der Waals surface area contributed by atoms with Crippen molar-refractivity contribution >= 4 is 11.5 Å². The van der Waals surface area contributed by atoms with Crippen LogP contribution >= 0.6 is 0 Å². The Balaban J connectivity index is 0.00000256. The quantitative estimate of drug-likeness (QED) is 0.500. The second-order valence-electron chi connectivity index (χ2n) is 11.2. The van der Waals surface area contributed by atoms with Crippen LogP contribution in [0.5, 0.6) is 0 Å². The number of hydrogen-bond donors (Lipinski definition) is 0. The molecule has 32 heavy (non-hydrogen) atoms. The first-order valence-corrected chi connectivity index (χ1v) is 19.0. The molecule has 0 amide bonds. The van der Waals surface area contributed by atoms with Gasteiger partial charge in [0, 0.05) is 0 Å². The normalized spacial score (nSPS) is 15.8. The van der Waals surface area contributed by atoms with E-state index in [0.717, 1.165) is 10.0 Å². The largest absolute Gasteiger partial charge is 1.00 e. The van der Waals surface area contributed by atoms with E-state index in [0.29, 0.717) is 0 Å². The zero-order valence-electron chi connectivity index (χ0n) is 21.5. The summed E-state index contributed by atoms with van der Waals surface area (Å²) in [6.45, 7) is 23.9. The summed E-state index contributed by atoms with van der Waals surface area (Å²) in [5, 5.41) is 0. The van der Waals surface area contributed by atoms with Crippen molar-refractivity contribution in [2.24, 2.45) is 0 Å². The molecule has 1 radical (unpaired) electrons. The first-order chi connectivity index (χ1) is 13.8. The number of fused-ring (bicyclic) bond motifs is 1. The zero-order chi connectivity index (χ0) is 22.4. The molecule has 2 aromatic carbocycles. The summed E-state index contributed by atoms with van der Waals surface area (Å²) in [5.74, 6) is -0.115. The number of hydrogen-bond acceptors (Lipinski definition) is 0. The fourth-order valence-electron chi connectivity index (χ4n) is 4.57. The minimum Gasteiger partial charge on any atom is -1.00 e. The van der Waals surface area contributed by atoms with Crippen molar-refractivity contribution in [3.8, 4) is 11.1 Å². The molecule has 1 aliphatic carbocycles. The molecular formula is C28H39Cl2SiZr. The van der Waals surface area contributed by atoms with Crippen LogP contribution in [-0.4, -0.2) is 5.92 Å². The maximum absolute atomic E-state index is 2.53. The molecule has 1 unspecified atom stereocenters. The van der Waals surface area contributed by atoms with Gasteiger partial charge in [-0.2, -0.15) is 0 Å². The van der Waals surface area contributed by atoms with Crippen LogP contribution in [0.1, 0.15) is 87.7 Å². The topological polar surface area (TPSA) is 0 Å². The van der Waals surface area contributed by atoms with E-state index >= 15 is 0 Å². The first-order valence-electron chi connectivity index (χ1n) is 11.4. The van der Waals surface area contributed by atoms with Gasteiger partial charge in [0.05, 0.1) is 0 Å². The summed E-state index contributed by atoms with van der Waals surface area (Å²) in [4.78, 5) is 0. The van der Waals surface area contributed by atoms with E-state index in [-0.39, 0.29) is 41.6 Å². The van der Waals surface area contributed by atoms with Gasteiger partial charge in [0.25, 0.3) is 0 Å². The average Bonchev–Trinajstić information content (AvgIpc) is 2.90. The van der Waals surface area contributed by atoms with Crippen LogP contribution in [0.4, 0.5) is 0 Å². The maximum atomic E-state index is 2.53. The van der Waals surface area contributed by atoms with Crippen LogP contribution in [0.15, 0.2) is 42.0 Å². The summed E-state index contributed by atoms with van der Waals surface area (Å²) >= 11 is -0.406. The van der Waals surface area contributed by atoms with Crippen LogP contribution < -0.4 is 24.8 Å². The second kappa shape index (κ2) is 11.1. The van der Waals surface area contributed by atoms with Gasteiger partial charge in [-0.1, -0.05) is 0 Å². The predicted octanol–water partition coefficient (Wildman–Crippen LogP) is 2.53. The Morgan fingerprint density at radius 3 is 1.84 bits per heavy atom. The van der Waals surface area contributed by atoms with Gasteiger partial charge in [0.1, 0.15) is 0 Å². The number of halogens is 2. The first kappa shape index (κ1) is 29.9. The molecule has 0 fully saturated rings. The van der Waals surface area contributed by atoms with Crippen LogP contribution in [0.3, 0.4) is 0 Å². The van der Waals surface area contributed by atoms with Gasteiger partial charge in [-0.15, -0.1) is 0 Å². The summed E-state index contributed by atoms with van der Waals surface area (Å²) in [7, 11) is 0. The van der Waals surface area contributed by atoms with Crippen molar-refractivity contribution in [3.05, 3.63) is 64.2 Å². The van der Waals surface area contributed by atoms with Crippen molar-refractivity contribution in [2.45, 2.75) is 89.4 Å². The van der Waals surface area contributed by atoms with Gasteiger partial charge in [-0.25, -0.2) is 0 Å². The Bertz CT molecular complexity index is 946. The molecular weight excluding hydrogens is 527 g/mol. The number of rotatable bonds is 4. The summed E-state index contributed by atoms with van der Waals surface area (Å²) in [6.07, 6.45) is 1.15. The van der Waals surface area contributed by atoms with E-state index in [2.05, 4.69) is 105 Å². The summed E-state index contributed by atoms with van der Waals surface area (Å²) in [5.41, 5.74) is 12.6. The molecule has 0 spiro atoms. The van der Waals surface area contributed by atoms with Crippen LogP contribution in [0.2, 0.25) is 13.1 Å². The molecule has 0 heterocycles. The Labute approximate surface area is 222 Å². The molecule has 0 aromatic heterocycles. The zero-order valence-corrected chi connectivity index (χ0v) is 26.5. The van der Waals surface area contributed by atoms with Gasteiger partial charge in [-0.3, -0.25) is 0 Å². The van der Waals surface area contributed by atoms with Crippen LogP contribution in [0.25, 0.3) is 16.7 Å². The Kier molecular flexibility index (Phi) is 10.3. The second-order valence-corrected chi connectivity index (χ2v) is 24.4. The molecule has 173 valence electrons. The fourth-order valence-corrected chi connectivity index (χ4v) is 13.5. The van der Waals surface area contributed by atoms with E-state index in [1.165, 1.54) is 22.3 Å². The predicted molar refractivity (Wildman–Crippen MR) is 132 cm³/mol. The summed E-state index contributed by atoms with van der Waals surface area (Å²) < 4.78 is 0.787.